The number of nitrogens with zero attached hydrogens (tertiary/aromatic N) is 2. The van der Waals surface area contributed by atoms with Gasteiger partial charge in [0.25, 0.3) is 0 Å². The minimum absolute atomic E-state index is 0.759. The number of nitrogens with one attached hydrogen (secondary N) is 1. The zero-order valence-electron chi connectivity index (χ0n) is 9.41. The molecule has 1 aromatic heterocycles. The van der Waals surface area contributed by atoms with Crippen LogP contribution in [0.15, 0.2) is 0 Å². The molecule has 0 spiro atoms. The van der Waals surface area contributed by atoms with Gasteiger partial charge in [0.05, 0.1) is 12.0 Å². The van der Waals surface area contributed by atoms with Gasteiger partial charge in [-0.2, -0.15) is 4.98 Å². The third-order valence-electron chi connectivity index (χ3n) is 2.57. The van der Waals surface area contributed by atoms with Crippen molar-refractivity contribution < 1.29 is 4.74 Å². The molecule has 0 aliphatic carbocycles. The Hall–Kier alpha value is -0.810. The Morgan fingerprint density at radius 3 is 2.73 bits per heavy atom. The second-order valence-corrected chi connectivity index (χ2v) is 5.11. The third kappa shape index (κ3) is 2.23. The number of thiazole rings is 1. The average molecular weight is 227 g/mol. The lowest BCUT2D eigenvalue weighted by molar-refractivity contribution is 0.339. The summed E-state index contributed by atoms with van der Waals surface area (Å²) in [5, 5.41) is 4.30. The van der Waals surface area contributed by atoms with Crippen molar-refractivity contribution in [2.24, 2.45) is 5.92 Å². The molecular formula is C10H17N3OS. The number of aromatic nitrogens is 1. The van der Waals surface area contributed by atoms with Gasteiger partial charge >= 0.3 is 0 Å². The van der Waals surface area contributed by atoms with Gasteiger partial charge in [0.15, 0.2) is 5.13 Å². The van der Waals surface area contributed by atoms with E-state index in [1.54, 1.807) is 18.4 Å². The highest BCUT2D eigenvalue weighted by molar-refractivity contribution is 7.15. The predicted octanol–water partition coefficient (Wildman–Crippen LogP) is 0.980. The second-order valence-electron chi connectivity index (χ2n) is 4.05. The third-order valence-corrected chi connectivity index (χ3v) is 3.79. The van der Waals surface area contributed by atoms with Crippen molar-refractivity contribution in [3.63, 3.8) is 0 Å². The van der Waals surface area contributed by atoms with Gasteiger partial charge in [-0.25, -0.2) is 0 Å². The summed E-state index contributed by atoms with van der Waals surface area (Å²) in [6.07, 6.45) is 1.08. The molecule has 0 atom stereocenters. The van der Waals surface area contributed by atoms with Gasteiger partial charge in [-0.15, -0.1) is 0 Å². The Balaban J connectivity index is 2.12. The zero-order chi connectivity index (χ0) is 10.8. The molecule has 2 heterocycles. The highest BCUT2D eigenvalue weighted by Crippen LogP contribution is 2.32. The highest BCUT2D eigenvalue weighted by atomic mass is 32.1. The molecule has 1 N–H and O–H groups in total. The molecule has 0 aromatic carbocycles. The molecule has 1 aromatic rings. The van der Waals surface area contributed by atoms with Crippen LogP contribution in [0.25, 0.3) is 0 Å². The van der Waals surface area contributed by atoms with Crippen molar-refractivity contribution in [1.82, 2.24) is 10.3 Å². The van der Waals surface area contributed by atoms with Gasteiger partial charge in [0.2, 0.25) is 5.88 Å². The standard InChI is InChI=1S/C10H17N3OS/c1-13(2)10-12-9(14-3)8(15-10)4-7-5-11-6-7/h7,11H,4-6H2,1-3H3. The highest BCUT2D eigenvalue weighted by Gasteiger charge is 2.22. The first-order chi connectivity index (χ1) is 7.20. The van der Waals surface area contributed by atoms with Crippen molar-refractivity contribution in [1.29, 1.82) is 0 Å². The molecule has 0 unspecified atom stereocenters. The number of anilines is 1. The molecule has 0 amide bonds. The normalized spacial score (nSPS) is 16.2. The first-order valence-corrected chi connectivity index (χ1v) is 5.94. The average Bonchev–Trinajstić information content (AvgIpc) is 2.54. The minimum Gasteiger partial charge on any atom is -0.480 e. The summed E-state index contributed by atoms with van der Waals surface area (Å²) in [7, 11) is 5.71. The fourth-order valence-electron chi connectivity index (χ4n) is 1.56. The molecule has 4 nitrogen and oxygen atoms in total. The Kier molecular flexibility index (Phi) is 3.11. The van der Waals surface area contributed by atoms with Crippen LogP contribution in [0, 0.1) is 5.92 Å². The SMILES string of the molecule is COc1nc(N(C)C)sc1CC1CNC1. The van der Waals surface area contributed by atoms with Crippen LogP contribution in [-0.4, -0.2) is 39.3 Å². The molecule has 1 aliphatic rings. The maximum absolute atomic E-state index is 5.30. The van der Waals surface area contributed by atoms with Crippen LogP contribution in [0.2, 0.25) is 0 Å². The zero-order valence-corrected chi connectivity index (χ0v) is 10.2. The Bertz CT molecular complexity index is 333. The number of rotatable bonds is 4. The Labute approximate surface area is 94.3 Å². The van der Waals surface area contributed by atoms with Crippen molar-refractivity contribution in [2.45, 2.75) is 6.42 Å². The van der Waals surface area contributed by atoms with E-state index in [0.717, 1.165) is 36.4 Å². The molecule has 0 saturated carbocycles. The number of hydrogen-bond acceptors (Lipinski definition) is 5. The summed E-state index contributed by atoms with van der Waals surface area (Å²) in [5.74, 6) is 1.56. The monoisotopic (exact) mass is 227 g/mol. The van der Waals surface area contributed by atoms with Crippen LogP contribution in [0.4, 0.5) is 5.13 Å². The quantitative estimate of drug-likeness (QED) is 0.832. The lowest BCUT2D eigenvalue weighted by Gasteiger charge is -2.26. The van der Waals surface area contributed by atoms with Crippen LogP contribution in [0.5, 0.6) is 5.88 Å². The molecular weight excluding hydrogens is 210 g/mol. The Morgan fingerprint density at radius 2 is 2.27 bits per heavy atom. The Morgan fingerprint density at radius 1 is 1.53 bits per heavy atom. The summed E-state index contributed by atoms with van der Waals surface area (Å²) < 4.78 is 5.30. The molecule has 0 bridgehead atoms. The maximum Gasteiger partial charge on any atom is 0.229 e. The van der Waals surface area contributed by atoms with Crippen molar-refractivity contribution in [2.75, 3.05) is 39.2 Å². The van der Waals surface area contributed by atoms with Gasteiger partial charge in [-0.3, -0.25) is 0 Å². The number of ether oxygens (including phenoxy) is 1. The maximum atomic E-state index is 5.30. The van der Waals surface area contributed by atoms with Gasteiger partial charge in [0.1, 0.15) is 0 Å². The first-order valence-electron chi connectivity index (χ1n) is 5.12. The van der Waals surface area contributed by atoms with Gasteiger partial charge < -0.3 is 15.0 Å². The van der Waals surface area contributed by atoms with E-state index < -0.39 is 0 Å². The van der Waals surface area contributed by atoms with E-state index in [1.165, 1.54) is 4.88 Å². The molecule has 1 fully saturated rings. The minimum atomic E-state index is 0.759. The molecule has 1 saturated heterocycles. The largest absolute Gasteiger partial charge is 0.480 e. The lowest BCUT2D eigenvalue weighted by Crippen LogP contribution is -2.42. The van der Waals surface area contributed by atoms with Gasteiger partial charge in [0, 0.05) is 14.1 Å². The summed E-state index contributed by atoms with van der Waals surface area (Å²) in [6, 6.07) is 0. The number of hydrogen-bond donors (Lipinski definition) is 1. The molecule has 15 heavy (non-hydrogen) atoms. The number of methoxy groups -OCH3 is 1. The van der Waals surface area contributed by atoms with Crippen molar-refractivity contribution in [3.8, 4) is 5.88 Å². The molecule has 0 radical (unpaired) electrons. The molecule has 5 heteroatoms. The van der Waals surface area contributed by atoms with Crippen molar-refractivity contribution in [3.05, 3.63) is 4.88 Å². The van der Waals surface area contributed by atoms with E-state index >= 15 is 0 Å². The smallest absolute Gasteiger partial charge is 0.229 e. The van der Waals surface area contributed by atoms with E-state index in [0.29, 0.717) is 0 Å². The van der Waals surface area contributed by atoms with E-state index in [-0.39, 0.29) is 0 Å². The van der Waals surface area contributed by atoms with Gasteiger partial charge in [-0.1, -0.05) is 11.3 Å². The molecule has 84 valence electrons. The van der Waals surface area contributed by atoms with E-state index in [4.69, 9.17) is 4.74 Å². The van der Waals surface area contributed by atoms with E-state index in [1.807, 2.05) is 19.0 Å². The van der Waals surface area contributed by atoms with E-state index in [2.05, 4.69) is 10.3 Å². The van der Waals surface area contributed by atoms with Gasteiger partial charge in [-0.05, 0) is 25.4 Å². The van der Waals surface area contributed by atoms with E-state index in [9.17, 15) is 0 Å². The molecule has 1 aliphatic heterocycles. The van der Waals surface area contributed by atoms with Crippen LogP contribution >= 0.6 is 11.3 Å². The van der Waals surface area contributed by atoms with Crippen LogP contribution in [-0.2, 0) is 6.42 Å². The second kappa shape index (κ2) is 4.37. The summed E-state index contributed by atoms with van der Waals surface area (Å²) in [4.78, 5) is 7.74. The van der Waals surface area contributed by atoms with Crippen LogP contribution in [0.1, 0.15) is 4.88 Å². The van der Waals surface area contributed by atoms with Crippen LogP contribution < -0.4 is 15.0 Å². The molecule has 2 rings (SSSR count). The summed E-state index contributed by atoms with van der Waals surface area (Å²) in [6.45, 7) is 2.25. The topological polar surface area (TPSA) is 37.4 Å². The van der Waals surface area contributed by atoms with Crippen molar-refractivity contribution >= 4 is 16.5 Å². The fraction of sp³-hybridized carbons (Fsp3) is 0.700. The lowest BCUT2D eigenvalue weighted by atomic mass is 9.99. The fourth-order valence-corrected chi connectivity index (χ4v) is 2.63. The summed E-state index contributed by atoms with van der Waals surface area (Å²) >= 11 is 1.73. The predicted molar refractivity (Wildman–Crippen MR) is 63.1 cm³/mol. The van der Waals surface area contributed by atoms with Crippen LogP contribution in [0.3, 0.4) is 0 Å². The summed E-state index contributed by atoms with van der Waals surface area (Å²) in [5.41, 5.74) is 0. The first kappa shape index (κ1) is 10.7.